The van der Waals surface area contributed by atoms with Gasteiger partial charge in [0.05, 0.1) is 8.07 Å². The summed E-state index contributed by atoms with van der Waals surface area (Å²) in [6.45, 7) is 9.63. The van der Waals surface area contributed by atoms with E-state index in [-0.39, 0.29) is 5.73 Å². The van der Waals surface area contributed by atoms with Gasteiger partial charge in [-0.2, -0.15) is 0 Å². The quantitative estimate of drug-likeness (QED) is 0.754. The van der Waals surface area contributed by atoms with Crippen LogP contribution in [0.5, 0.6) is 0 Å². The molecular weight excluding hydrogens is 180 g/mol. The fourth-order valence-electron chi connectivity index (χ4n) is 1.33. The molecular formula is C9H18N2OSi. The molecule has 0 radical (unpaired) electrons. The molecule has 0 fully saturated rings. The van der Waals surface area contributed by atoms with Gasteiger partial charge in [0.2, 0.25) is 0 Å². The molecule has 1 aromatic heterocycles. The van der Waals surface area contributed by atoms with Gasteiger partial charge in [0.25, 0.3) is 0 Å². The summed E-state index contributed by atoms with van der Waals surface area (Å²) in [6.07, 6.45) is 3.63. The first-order chi connectivity index (χ1) is 6.05. The van der Waals surface area contributed by atoms with Gasteiger partial charge in [0, 0.05) is 19.0 Å². The second kappa shape index (κ2) is 4.06. The molecule has 0 saturated heterocycles. The normalized spacial score (nSPS) is 14.5. The molecule has 0 aliphatic carbocycles. The standard InChI is InChI=1S/C9H18N2OSi/c1-5-12-9(13(2,3)4)8-10-6-7-11-8/h6-7,9H,5H2,1-4H3,(H,10,11). The minimum Gasteiger partial charge on any atom is -0.374 e. The molecule has 0 bridgehead atoms. The van der Waals surface area contributed by atoms with Crippen molar-refractivity contribution in [1.29, 1.82) is 0 Å². The number of nitrogens with zero attached hydrogens (tertiary/aromatic N) is 1. The van der Waals surface area contributed by atoms with Gasteiger partial charge < -0.3 is 9.72 Å². The van der Waals surface area contributed by atoms with Crippen molar-refractivity contribution in [2.24, 2.45) is 0 Å². The van der Waals surface area contributed by atoms with Gasteiger partial charge in [0.15, 0.2) is 0 Å². The summed E-state index contributed by atoms with van der Waals surface area (Å²) in [5.41, 5.74) is 0.187. The Balaban J connectivity index is 2.81. The van der Waals surface area contributed by atoms with E-state index in [0.29, 0.717) is 0 Å². The van der Waals surface area contributed by atoms with E-state index in [2.05, 4.69) is 29.6 Å². The van der Waals surface area contributed by atoms with Crippen molar-refractivity contribution in [2.45, 2.75) is 32.3 Å². The van der Waals surface area contributed by atoms with Crippen LogP contribution in [0.4, 0.5) is 0 Å². The smallest absolute Gasteiger partial charge is 0.131 e. The predicted octanol–water partition coefficient (Wildman–Crippen LogP) is 2.36. The third kappa shape index (κ3) is 2.67. The van der Waals surface area contributed by atoms with Gasteiger partial charge in [-0.3, -0.25) is 0 Å². The van der Waals surface area contributed by atoms with Gasteiger partial charge in [-0.05, 0) is 6.92 Å². The fourth-order valence-corrected chi connectivity index (χ4v) is 2.97. The monoisotopic (exact) mass is 198 g/mol. The second-order valence-electron chi connectivity index (χ2n) is 4.18. The lowest BCUT2D eigenvalue weighted by Gasteiger charge is -2.26. The average Bonchev–Trinajstić information content (AvgIpc) is 2.49. The van der Waals surface area contributed by atoms with Crippen LogP contribution in [0.1, 0.15) is 18.5 Å². The predicted molar refractivity (Wildman–Crippen MR) is 56.3 cm³/mol. The molecule has 74 valence electrons. The molecule has 1 N–H and O–H groups in total. The fraction of sp³-hybridized carbons (Fsp3) is 0.667. The summed E-state index contributed by atoms with van der Waals surface area (Å²) in [5, 5.41) is 0. The first-order valence-electron chi connectivity index (χ1n) is 4.66. The maximum Gasteiger partial charge on any atom is 0.131 e. The van der Waals surface area contributed by atoms with E-state index >= 15 is 0 Å². The number of imidazole rings is 1. The molecule has 1 unspecified atom stereocenters. The van der Waals surface area contributed by atoms with Crippen molar-refractivity contribution < 1.29 is 4.74 Å². The lowest BCUT2D eigenvalue weighted by molar-refractivity contribution is 0.107. The summed E-state index contributed by atoms with van der Waals surface area (Å²) in [5.74, 6) is 0.973. The number of ether oxygens (including phenoxy) is 1. The molecule has 4 heteroatoms. The molecule has 1 rings (SSSR count). The Bertz CT molecular complexity index is 241. The lowest BCUT2D eigenvalue weighted by atomic mass is 10.6. The van der Waals surface area contributed by atoms with E-state index in [0.717, 1.165) is 12.4 Å². The molecule has 0 amide bonds. The van der Waals surface area contributed by atoms with Crippen LogP contribution in [0.15, 0.2) is 12.4 Å². The van der Waals surface area contributed by atoms with E-state index in [1.54, 1.807) is 6.20 Å². The van der Waals surface area contributed by atoms with E-state index < -0.39 is 8.07 Å². The van der Waals surface area contributed by atoms with Crippen LogP contribution >= 0.6 is 0 Å². The largest absolute Gasteiger partial charge is 0.374 e. The Labute approximate surface area is 80.5 Å². The summed E-state index contributed by atoms with van der Waals surface area (Å²) < 4.78 is 5.72. The van der Waals surface area contributed by atoms with Crippen molar-refractivity contribution in [3.63, 3.8) is 0 Å². The van der Waals surface area contributed by atoms with Crippen LogP contribution in [-0.2, 0) is 4.74 Å². The summed E-state index contributed by atoms with van der Waals surface area (Å²) in [6, 6.07) is 0. The van der Waals surface area contributed by atoms with Gasteiger partial charge in [-0.25, -0.2) is 4.98 Å². The minimum absolute atomic E-state index is 0.187. The summed E-state index contributed by atoms with van der Waals surface area (Å²) in [7, 11) is -1.33. The third-order valence-electron chi connectivity index (χ3n) is 1.89. The number of hydrogen-bond acceptors (Lipinski definition) is 2. The van der Waals surface area contributed by atoms with Crippen molar-refractivity contribution in [3.8, 4) is 0 Å². The first kappa shape index (κ1) is 10.5. The second-order valence-corrected chi connectivity index (χ2v) is 9.43. The van der Waals surface area contributed by atoms with Crippen LogP contribution in [-0.4, -0.2) is 24.6 Å². The molecule has 13 heavy (non-hydrogen) atoms. The Morgan fingerprint density at radius 1 is 1.54 bits per heavy atom. The first-order valence-corrected chi connectivity index (χ1v) is 8.24. The number of nitrogens with one attached hydrogen (secondary N) is 1. The van der Waals surface area contributed by atoms with Crippen molar-refractivity contribution in [1.82, 2.24) is 9.97 Å². The van der Waals surface area contributed by atoms with Gasteiger partial charge >= 0.3 is 0 Å². The van der Waals surface area contributed by atoms with Crippen LogP contribution in [0.3, 0.4) is 0 Å². The maximum atomic E-state index is 5.72. The Morgan fingerprint density at radius 3 is 2.62 bits per heavy atom. The minimum atomic E-state index is -1.33. The van der Waals surface area contributed by atoms with Crippen molar-refractivity contribution >= 4 is 8.07 Å². The van der Waals surface area contributed by atoms with Crippen molar-refractivity contribution in [2.75, 3.05) is 6.61 Å². The number of rotatable bonds is 4. The number of hydrogen-bond donors (Lipinski definition) is 1. The Hall–Kier alpha value is -0.613. The van der Waals surface area contributed by atoms with Crippen molar-refractivity contribution in [3.05, 3.63) is 18.2 Å². The highest BCUT2D eigenvalue weighted by Crippen LogP contribution is 2.25. The molecule has 0 saturated carbocycles. The maximum absolute atomic E-state index is 5.72. The Morgan fingerprint density at radius 2 is 2.23 bits per heavy atom. The molecule has 0 spiro atoms. The third-order valence-corrected chi connectivity index (χ3v) is 3.90. The zero-order valence-corrected chi connectivity index (χ0v) is 9.79. The zero-order valence-electron chi connectivity index (χ0n) is 8.79. The zero-order chi connectivity index (χ0) is 9.90. The van der Waals surface area contributed by atoms with E-state index in [9.17, 15) is 0 Å². The SMILES string of the molecule is CCOC(c1ncc[nH]1)[Si](C)(C)C. The molecule has 1 aromatic rings. The van der Waals surface area contributed by atoms with Gasteiger partial charge in [-0.1, -0.05) is 19.6 Å². The average molecular weight is 198 g/mol. The number of aromatic amines is 1. The van der Waals surface area contributed by atoms with E-state index in [1.807, 2.05) is 13.1 Å². The van der Waals surface area contributed by atoms with Crippen LogP contribution in [0, 0.1) is 0 Å². The highest BCUT2D eigenvalue weighted by molar-refractivity contribution is 6.77. The molecule has 1 heterocycles. The van der Waals surface area contributed by atoms with Crippen LogP contribution in [0.25, 0.3) is 0 Å². The van der Waals surface area contributed by atoms with E-state index in [1.165, 1.54) is 0 Å². The van der Waals surface area contributed by atoms with Crippen LogP contribution < -0.4 is 0 Å². The van der Waals surface area contributed by atoms with E-state index in [4.69, 9.17) is 4.74 Å². The molecule has 0 aliphatic heterocycles. The molecule has 0 aliphatic rings. The Kier molecular flexibility index (Phi) is 3.27. The molecule has 1 atom stereocenters. The van der Waals surface area contributed by atoms with Gasteiger partial charge in [0.1, 0.15) is 11.6 Å². The van der Waals surface area contributed by atoms with Gasteiger partial charge in [-0.15, -0.1) is 0 Å². The number of H-pyrrole nitrogens is 1. The summed E-state index contributed by atoms with van der Waals surface area (Å²) >= 11 is 0. The number of aromatic nitrogens is 2. The summed E-state index contributed by atoms with van der Waals surface area (Å²) in [4.78, 5) is 7.38. The highest BCUT2D eigenvalue weighted by atomic mass is 28.3. The highest BCUT2D eigenvalue weighted by Gasteiger charge is 2.30. The molecule has 0 aromatic carbocycles. The topological polar surface area (TPSA) is 37.9 Å². The lowest BCUT2D eigenvalue weighted by Crippen LogP contribution is -2.33. The van der Waals surface area contributed by atoms with Crippen LogP contribution in [0.2, 0.25) is 19.6 Å². The molecule has 3 nitrogen and oxygen atoms in total.